The average Bonchev–Trinajstić information content (AvgIpc) is 2.81. The fourth-order valence-electron chi connectivity index (χ4n) is 1.72. The molecular weight excluding hydrogens is 162 g/mol. The number of hydrogen-bond donors (Lipinski definition) is 1. The van der Waals surface area contributed by atoms with Crippen LogP contribution in [0.15, 0.2) is 0 Å². The number of alkyl halides is 1. The molecule has 0 spiro atoms. The van der Waals surface area contributed by atoms with Crippen molar-refractivity contribution in [1.82, 2.24) is 5.32 Å². The maximum absolute atomic E-state index is 11.0. The molecule has 2 aliphatic rings. The van der Waals surface area contributed by atoms with Crippen molar-refractivity contribution in [1.29, 1.82) is 0 Å². The first kappa shape index (κ1) is 7.41. The van der Waals surface area contributed by atoms with Crippen molar-refractivity contribution in [2.75, 3.05) is 5.88 Å². The summed E-state index contributed by atoms with van der Waals surface area (Å²) in [6.07, 6.45) is 4.92. The molecule has 0 aromatic heterocycles. The highest BCUT2D eigenvalue weighted by atomic mass is 35.5. The standard InChI is InChI=1S/C8H12ClNO/c9-5-7(11)10-8(3-4-8)6-1-2-6/h6H,1-5H2,(H,10,11). The zero-order chi connectivity index (χ0) is 7.90. The molecule has 0 heterocycles. The Labute approximate surface area is 71.3 Å². The molecule has 0 bridgehead atoms. The maximum Gasteiger partial charge on any atom is 0.235 e. The van der Waals surface area contributed by atoms with Crippen LogP contribution in [-0.2, 0) is 4.79 Å². The van der Waals surface area contributed by atoms with Gasteiger partial charge in [-0.2, -0.15) is 0 Å². The van der Waals surface area contributed by atoms with Gasteiger partial charge in [-0.15, -0.1) is 11.6 Å². The summed E-state index contributed by atoms with van der Waals surface area (Å²) in [5.41, 5.74) is 0.200. The van der Waals surface area contributed by atoms with Crippen LogP contribution in [0.3, 0.4) is 0 Å². The topological polar surface area (TPSA) is 29.1 Å². The van der Waals surface area contributed by atoms with Gasteiger partial charge in [0.25, 0.3) is 0 Å². The van der Waals surface area contributed by atoms with Gasteiger partial charge in [0.1, 0.15) is 5.88 Å². The molecule has 0 radical (unpaired) electrons. The number of nitrogens with one attached hydrogen (secondary N) is 1. The Morgan fingerprint density at radius 2 is 2.18 bits per heavy atom. The van der Waals surface area contributed by atoms with Crippen LogP contribution in [0, 0.1) is 5.92 Å². The van der Waals surface area contributed by atoms with E-state index in [1.54, 1.807) is 0 Å². The molecule has 0 unspecified atom stereocenters. The fourth-order valence-corrected chi connectivity index (χ4v) is 1.78. The van der Waals surface area contributed by atoms with E-state index in [2.05, 4.69) is 5.32 Å². The molecule has 1 N–H and O–H groups in total. The largest absolute Gasteiger partial charge is 0.349 e. The quantitative estimate of drug-likeness (QED) is 0.641. The van der Waals surface area contributed by atoms with Crippen LogP contribution in [0.25, 0.3) is 0 Å². The first-order valence-corrected chi connectivity index (χ1v) is 4.67. The summed E-state index contributed by atoms with van der Waals surface area (Å²) in [4.78, 5) is 11.0. The molecule has 0 aliphatic heterocycles. The van der Waals surface area contributed by atoms with Crippen molar-refractivity contribution in [3.05, 3.63) is 0 Å². The number of carbonyl (C=O) groups excluding carboxylic acids is 1. The van der Waals surface area contributed by atoms with Crippen molar-refractivity contribution in [2.45, 2.75) is 31.2 Å². The highest BCUT2D eigenvalue weighted by Gasteiger charge is 2.54. The van der Waals surface area contributed by atoms with Crippen LogP contribution < -0.4 is 5.32 Å². The molecule has 2 fully saturated rings. The van der Waals surface area contributed by atoms with Gasteiger partial charge in [0.15, 0.2) is 0 Å². The number of halogens is 1. The van der Waals surface area contributed by atoms with E-state index in [0.717, 1.165) is 5.92 Å². The Morgan fingerprint density at radius 3 is 2.55 bits per heavy atom. The zero-order valence-corrected chi connectivity index (χ0v) is 7.16. The normalized spacial score (nSPS) is 26.3. The third-order valence-electron chi connectivity index (χ3n) is 2.66. The van der Waals surface area contributed by atoms with Crippen molar-refractivity contribution < 1.29 is 4.79 Å². The summed E-state index contributed by atoms with van der Waals surface area (Å²) >= 11 is 5.40. The molecule has 1 amide bonds. The molecule has 62 valence electrons. The van der Waals surface area contributed by atoms with E-state index in [1.165, 1.54) is 25.7 Å². The Bertz CT molecular complexity index is 185. The van der Waals surface area contributed by atoms with Crippen molar-refractivity contribution in [2.24, 2.45) is 5.92 Å². The second kappa shape index (κ2) is 2.37. The van der Waals surface area contributed by atoms with Crippen molar-refractivity contribution >= 4 is 17.5 Å². The number of hydrogen-bond acceptors (Lipinski definition) is 1. The van der Waals surface area contributed by atoms with Gasteiger partial charge < -0.3 is 5.32 Å². The van der Waals surface area contributed by atoms with Crippen LogP contribution in [0.2, 0.25) is 0 Å². The first-order valence-electron chi connectivity index (χ1n) is 4.14. The smallest absolute Gasteiger partial charge is 0.235 e. The highest BCUT2D eigenvalue weighted by Crippen LogP contribution is 2.53. The SMILES string of the molecule is O=C(CCl)NC1(C2CC2)CC1. The van der Waals surface area contributed by atoms with Crippen LogP contribution in [0.1, 0.15) is 25.7 Å². The Hall–Kier alpha value is -0.240. The molecule has 11 heavy (non-hydrogen) atoms. The predicted octanol–water partition coefficient (Wildman–Crippen LogP) is 1.28. The molecule has 0 aromatic rings. The lowest BCUT2D eigenvalue weighted by atomic mass is 10.1. The monoisotopic (exact) mass is 173 g/mol. The summed E-state index contributed by atoms with van der Waals surface area (Å²) in [6, 6.07) is 0. The van der Waals surface area contributed by atoms with E-state index in [-0.39, 0.29) is 17.3 Å². The van der Waals surface area contributed by atoms with Crippen LogP contribution >= 0.6 is 11.6 Å². The molecule has 2 aliphatic carbocycles. The van der Waals surface area contributed by atoms with E-state index >= 15 is 0 Å². The van der Waals surface area contributed by atoms with Gasteiger partial charge in [-0.3, -0.25) is 4.79 Å². The van der Waals surface area contributed by atoms with Gasteiger partial charge in [0.2, 0.25) is 5.91 Å². The van der Waals surface area contributed by atoms with E-state index in [4.69, 9.17) is 11.6 Å². The zero-order valence-electron chi connectivity index (χ0n) is 6.40. The third kappa shape index (κ3) is 1.36. The Kier molecular flexibility index (Phi) is 1.60. The van der Waals surface area contributed by atoms with E-state index < -0.39 is 0 Å². The number of rotatable bonds is 3. The summed E-state index contributed by atoms with van der Waals surface area (Å²) in [6.45, 7) is 0. The van der Waals surface area contributed by atoms with Gasteiger partial charge in [-0.25, -0.2) is 0 Å². The van der Waals surface area contributed by atoms with Crippen LogP contribution in [0.4, 0.5) is 0 Å². The Balaban J connectivity index is 1.88. The molecule has 2 saturated carbocycles. The van der Waals surface area contributed by atoms with Crippen molar-refractivity contribution in [3.63, 3.8) is 0 Å². The summed E-state index contributed by atoms with van der Waals surface area (Å²) in [5, 5.41) is 3.01. The molecule has 3 heteroatoms. The van der Waals surface area contributed by atoms with Gasteiger partial charge in [-0.1, -0.05) is 0 Å². The first-order chi connectivity index (χ1) is 5.27. The lowest BCUT2D eigenvalue weighted by Crippen LogP contribution is -2.39. The van der Waals surface area contributed by atoms with Crippen LogP contribution in [0.5, 0.6) is 0 Å². The van der Waals surface area contributed by atoms with Crippen LogP contribution in [-0.4, -0.2) is 17.3 Å². The fraction of sp³-hybridized carbons (Fsp3) is 0.875. The van der Waals surface area contributed by atoms with E-state index in [1.807, 2.05) is 0 Å². The predicted molar refractivity (Wildman–Crippen MR) is 43.6 cm³/mol. The lowest BCUT2D eigenvalue weighted by molar-refractivity contribution is -0.119. The maximum atomic E-state index is 11.0. The molecule has 2 rings (SSSR count). The van der Waals surface area contributed by atoms with Gasteiger partial charge in [0.05, 0.1) is 0 Å². The molecule has 2 nitrogen and oxygen atoms in total. The van der Waals surface area contributed by atoms with Gasteiger partial charge in [-0.05, 0) is 31.6 Å². The minimum atomic E-state index is -0.00364. The summed E-state index contributed by atoms with van der Waals surface area (Å²) in [7, 11) is 0. The molecule has 0 aromatic carbocycles. The summed E-state index contributed by atoms with van der Waals surface area (Å²) in [5.74, 6) is 0.875. The second-order valence-electron chi connectivity index (χ2n) is 3.61. The van der Waals surface area contributed by atoms with Gasteiger partial charge in [0, 0.05) is 5.54 Å². The average molecular weight is 174 g/mol. The van der Waals surface area contributed by atoms with Crippen molar-refractivity contribution in [3.8, 4) is 0 Å². The highest BCUT2D eigenvalue weighted by molar-refractivity contribution is 6.27. The Morgan fingerprint density at radius 1 is 1.55 bits per heavy atom. The lowest BCUT2D eigenvalue weighted by Gasteiger charge is -2.14. The van der Waals surface area contributed by atoms with E-state index in [0.29, 0.717) is 0 Å². The van der Waals surface area contributed by atoms with Gasteiger partial charge >= 0.3 is 0 Å². The minimum Gasteiger partial charge on any atom is -0.349 e. The van der Waals surface area contributed by atoms with E-state index in [9.17, 15) is 4.79 Å². The molecular formula is C8H12ClNO. The summed E-state index contributed by atoms with van der Waals surface area (Å²) < 4.78 is 0. The second-order valence-corrected chi connectivity index (χ2v) is 3.88. The molecule has 0 saturated heterocycles. The minimum absolute atomic E-state index is 0.00364. The molecule has 0 atom stereocenters. The number of amides is 1. The number of carbonyl (C=O) groups is 1. The third-order valence-corrected chi connectivity index (χ3v) is 2.90.